The molecular weight excluding hydrogens is 587 g/mol. The Morgan fingerprint density at radius 2 is 1.84 bits per heavy atom. The summed E-state index contributed by atoms with van der Waals surface area (Å²) in [6, 6.07) is 17.8. The molecule has 1 heterocycles. The van der Waals surface area contributed by atoms with Crippen molar-refractivity contribution in [2.24, 2.45) is 0 Å². The molecular formula is C28H29IN2O6. The van der Waals surface area contributed by atoms with Crippen LogP contribution in [0.5, 0.6) is 5.75 Å². The molecule has 0 saturated heterocycles. The number of carbonyl (C=O) groups is 2. The molecule has 37 heavy (non-hydrogen) atoms. The first-order chi connectivity index (χ1) is 18.0. The Kier molecular flexibility index (Phi) is 9.37. The van der Waals surface area contributed by atoms with E-state index < -0.39 is 18.2 Å². The molecule has 3 N–H and O–H groups in total. The fourth-order valence-electron chi connectivity index (χ4n) is 4.31. The highest BCUT2D eigenvalue weighted by molar-refractivity contribution is 14.1. The normalized spacial score (nSPS) is 19.1. The highest BCUT2D eigenvalue weighted by Gasteiger charge is 2.40. The molecule has 0 spiro atoms. The summed E-state index contributed by atoms with van der Waals surface area (Å²) in [5.74, 6) is -0.00116. The fraction of sp³-hybridized carbons (Fsp3) is 0.286. The van der Waals surface area contributed by atoms with Crippen molar-refractivity contribution in [1.82, 2.24) is 10.2 Å². The topological polar surface area (TPSA) is 112 Å². The molecule has 4 rings (SSSR count). The lowest BCUT2D eigenvalue weighted by molar-refractivity contribution is -0.138. The van der Waals surface area contributed by atoms with Crippen LogP contribution in [0, 0.1) is 3.57 Å². The van der Waals surface area contributed by atoms with E-state index in [0.29, 0.717) is 11.3 Å². The number of aliphatic hydroxyl groups excluding tert-OH is 2. The number of carbonyl (C=O) groups excluding carboxylic acids is 2. The van der Waals surface area contributed by atoms with Crippen LogP contribution in [0.3, 0.4) is 0 Å². The second-order valence-corrected chi connectivity index (χ2v) is 9.92. The average Bonchev–Trinajstić information content (AvgIpc) is 3.42. The van der Waals surface area contributed by atoms with Crippen molar-refractivity contribution >= 4 is 34.4 Å². The SMILES string of the molecule is O=C(NCCO)C1=C[C@H](Oc2ccccc2I)[C@@H](O)[C@H](N(Cc2ccoc2)C(=O)Cc2ccccc2)C1. The quantitative estimate of drug-likeness (QED) is 0.302. The molecule has 0 aliphatic heterocycles. The molecule has 194 valence electrons. The van der Waals surface area contributed by atoms with Gasteiger partial charge in [-0.05, 0) is 52.4 Å². The molecule has 0 bridgehead atoms. The highest BCUT2D eigenvalue weighted by atomic mass is 127. The van der Waals surface area contributed by atoms with Crippen LogP contribution in [0.1, 0.15) is 17.5 Å². The Labute approximate surface area is 229 Å². The lowest BCUT2D eigenvalue weighted by atomic mass is 9.87. The van der Waals surface area contributed by atoms with E-state index in [1.807, 2.05) is 48.5 Å². The van der Waals surface area contributed by atoms with Gasteiger partial charge in [0, 0.05) is 30.6 Å². The number of nitrogens with one attached hydrogen (secondary N) is 1. The van der Waals surface area contributed by atoms with Crippen molar-refractivity contribution in [1.29, 1.82) is 0 Å². The maximum Gasteiger partial charge on any atom is 0.247 e. The van der Waals surface area contributed by atoms with Crippen LogP contribution in [0.25, 0.3) is 0 Å². The second kappa shape index (κ2) is 12.9. The predicted octanol–water partition coefficient (Wildman–Crippen LogP) is 3.07. The number of furan rings is 1. The molecule has 0 unspecified atom stereocenters. The van der Waals surface area contributed by atoms with Gasteiger partial charge in [-0.2, -0.15) is 0 Å². The van der Waals surface area contributed by atoms with Gasteiger partial charge >= 0.3 is 0 Å². The van der Waals surface area contributed by atoms with Crippen molar-refractivity contribution < 1.29 is 29.0 Å². The first-order valence-electron chi connectivity index (χ1n) is 12.0. The Bertz CT molecular complexity index is 1210. The molecule has 0 fully saturated rings. The first-order valence-corrected chi connectivity index (χ1v) is 13.1. The highest BCUT2D eigenvalue weighted by Crippen LogP contribution is 2.30. The standard InChI is InChI=1S/C28H29IN2O6/c29-22-8-4-5-9-24(22)37-25-16-21(28(35)30-11-12-32)15-23(27(25)34)31(17-20-10-13-36-18-20)26(33)14-19-6-2-1-3-7-19/h1-10,13,16,18,23,25,27,32,34H,11-12,14-15,17H2,(H,30,35)/t23-,25+,27+/m1/s1. The molecule has 1 aliphatic carbocycles. The fourth-order valence-corrected chi connectivity index (χ4v) is 4.82. The number of para-hydroxylation sites is 1. The summed E-state index contributed by atoms with van der Waals surface area (Å²) >= 11 is 2.15. The van der Waals surface area contributed by atoms with Gasteiger partial charge in [0.2, 0.25) is 11.8 Å². The van der Waals surface area contributed by atoms with Gasteiger partial charge in [-0.1, -0.05) is 42.5 Å². The Morgan fingerprint density at radius 3 is 2.54 bits per heavy atom. The van der Waals surface area contributed by atoms with Gasteiger partial charge in [0.05, 0.1) is 35.2 Å². The van der Waals surface area contributed by atoms with Crippen LogP contribution in [0.15, 0.2) is 89.3 Å². The van der Waals surface area contributed by atoms with Crippen LogP contribution in [0.2, 0.25) is 0 Å². The third-order valence-electron chi connectivity index (χ3n) is 6.17. The Hall–Kier alpha value is -3.15. The smallest absolute Gasteiger partial charge is 0.247 e. The minimum Gasteiger partial charge on any atom is -0.482 e. The first kappa shape index (κ1) is 26.9. The summed E-state index contributed by atoms with van der Waals surface area (Å²) in [5.41, 5.74) is 1.99. The molecule has 0 radical (unpaired) electrons. The van der Waals surface area contributed by atoms with Crippen LogP contribution in [0.4, 0.5) is 0 Å². The van der Waals surface area contributed by atoms with Crippen molar-refractivity contribution in [2.45, 2.75) is 37.6 Å². The van der Waals surface area contributed by atoms with Crippen LogP contribution >= 0.6 is 22.6 Å². The van der Waals surface area contributed by atoms with Crippen molar-refractivity contribution in [2.75, 3.05) is 13.2 Å². The maximum absolute atomic E-state index is 13.6. The predicted molar refractivity (Wildman–Crippen MR) is 146 cm³/mol. The van der Waals surface area contributed by atoms with Gasteiger partial charge in [-0.3, -0.25) is 9.59 Å². The number of ether oxygens (including phenoxy) is 1. The number of nitrogens with zero attached hydrogens (tertiary/aromatic N) is 1. The monoisotopic (exact) mass is 616 g/mol. The van der Waals surface area contributed by atoms with Crippen molar-refractivity contribution in [3.63, 3.8) is 0 Å². The summed E-state index contributed by atoms with van der Waals surface area (Å²) in [6.45, 7) is 0.0948. The summed E-state index contributed by atoms with van der Waals surface area (Å²) < 4.78 is 12.2. The zero-order valence-corrected chi connectivity index (χ0v) is 22.3. The van der Waals surface area contributed by atoms with E-state index in [1.165, 1.54) is 6.26 Å². The third-order valence-corrected chi connectivity index (χ3v) is 7.06. The summed E-state index contributed by atoms with van der Waals surface area (Å²) in [4.78, 5) is 28.2. The van der Waals surface area contributed by atoms with Gasteiger partial charge in [-0.15, -0.1) is 0 Å². The van der Waals surface area contributed by atoms with Crippen LogP contribution in [-0.4, -0.2) is 58.3 Å². The van der Waals surface area contributed by atoms with Crippen molar-refractivity contribution in [3.05, 3.63) is 99.5 Å². The largest absolute Gasteiger partial charge is 0.482 e. The molecule has 8 nitrogen and oxygen atoms in total. The van der Waals surface area contributed by atoms with Crippen molar-refractivity contribution in [3.8, 4) is 5.75 Å². The van der Waals surface area contributed by atoms with Gasteiger partial charge in [0.15, 0.2) is 0 Å². The zero-order valence-electron chi connectivity index (χ0n) is 20.1. The number of benzene rings is 2. The van der Waals surface area contributed by atoms with E-state index in [0.717, 1.165) is 14.7 Å². The van der Waals surface area contributed by atoms with E-state index >= 15 is 0 Å². The molecule has 2 aromatic carbocycles. The summed E-state index contributed by atoms with van der Waals surface area (Å²) in [6.07, 6.45) is 2.99. The molecule has 2 amide bonds. The lowest BCUT2D eigenvalue weighted by Gasteiger charge is -2.40. The number of hydrogen-bond donors (Lipinski definition) is 3. The van der Waals surface area contributed by atoms with Gasteiger partial charge in [0.1, 0.15) is 18.0 Å². The molecule has 0 saturated carbocycles. The molecule has 1 aromatic heterocycles. The number of rotatable bonds is 10. The molecule has 1 aliphatic rings. The van der Waals surface area contributed by atoms with Crippen LogP contribution < -0.4 is 10.1 Å². The van der Waals surface area contributed by atoms with Gasteiger partial charge in [-0.25, -0.2) is 0 Å². The molecule has 3 atom stereocenters. The summed E-state index contributed by atoms with van der Waals surface area (Å²) in [5, 5.41) is 23.4. The van der Waals surface area contributed by atoms with E-state index in [4.69, 9.17) is 14.3 Å². The lowest BCUT2D eigenvalue weighted by Crippen LogP contribution is -2.55. The third kappa shape index (κ3) is 7.00. The Morgan fingerprint density at radius 1 is 1.08 bits per heavy atom. The molecule has 9 heteroatoms. The summed E-state index contributed by atoms with van der Waals surface area (Å²) in [7, 11) is 0. The van der Waals surface area contributed by atoms with E-state index in [9.17, 15) is 14.7 Å². The minimum atomic E-state index is -1.10. The van der Waals surface area contributed by atoms with E-state index in [-0.39, 0.29) is 44.4 Å². The minimum absolute atomic E-state index is 0.0944. The van der Waals surface area contributed by atoms with E-state index in [1.54, 1.807) is 29.4 Å². The zero-order chi connectivity index (χ0) is 26.2. The number of hydrogen-bond acceptors (Lipinski definition) is 6. The number of amides is 2. The van der Waals surface area contributed by atoms with Gasteiger partial charge < -0.3 is 29.6 Å². The average molecular weight is 616 g/mol. The number of halogens is 1. The molecule has 3 aromatic rings. The second-order valence-electron chi connectivity index (χ2n) is 8.76. The van der Waals surface area contributed by atoms with Crippen LogP contribution in [-0.2, 0) is 22.6 Å². The van der Waals surface area contributed by atoms with Gasteiger partial charge in [0.25, 0.3) is 0 Å². The Balaban J connectivity index is 1.67. The maximum atomic E-state index is 13.6. The van der Waals surface area contributed by atoms with E-state index in [2.05, 4.69) is 27.9 Å². The number of aliphatic hydroxyl groups is 2.